The Morgan fingerprint density at radius 3 is 0.782 bits per heavy atom. The van der Waals surface area contributed by atoms with E-state index in [2.05, 4.69) is 98.7 Å². The van der Waals surface area contributed by atoms with Gasteiger partial charge in [-0.3, -0.25) is 0 Å². The van der Waals surface area contributed by atoms with Crippen molar-refractivity contribution >= 4 is 47.8 Å². The van der Waals surface area contributed by atoms with Crippen LogP contribution in [0.15, 0.2) is 109 Å². The van der Waals surface area contributed by atoms with E-state index in [1.54, 1.807) is 21.3 Å². The number of hydrogen-bond acceptors (Lipinski definition) is 5. The molecule has 6 aromatic rings. The Morgan fingerprint density at radius 2 is 0.564 bits per heavy atom. The van der Waals surface area contributed by atoms with Crippen molar-refractivity contribution in [3.05, 3.63) is 159 Å². The van der Waals surface area contributed by atoms with Crippen LogP contribution in [0.1, 0.15) is 50.1 Å². The van der Waals surface area contributed by atoms with Crippen LogP contribution in [-0.4, -0.2) is 47.6 Å². The number of hydrogen-bond donors (Lipinski definition) is 2. The molecule has 0 aromatic heterocycles. The second-order valence-corrected chi connectivity index (χ2v) is 20.8. The average Bonchev–Trinajstić information content (AvgIpc) is 3.13. The molecule has 7 heteroatoms. The molecule has 0 bridgehead atoms. The molecule has 0 spiro atoms. The molecule has 0 radical (unpaired) electrons. The van der Waals surface area contributed by atoms with Crippen LogP contribution in [0.5, 0.6) is 17.2 Å². The Balaban J connectivity index is 0.000000212. The largest absolute Gasteiger partial charge is 0.497 e. The molecule has 2 N–H and O–H groups in total. The second kappa shape index (κ2) is 16.8. The minimum absolute atomic E-state index is 0.637. The molecule has 6 rings (SSSR count). The quantitative estimate of drug-likeness (QED) is 0.138. The molecule has 0 unspecified atom stereocenters. The second-order valence-electron chi connectivity index (χ2n) is 14.8. The molecule has 6 aromatic carbocycles. The highest BCUT2D eigenvalue weighted by Crippen LogP contribution is 2.23. The van der Waals surface area contributed by atoms with Crippen molar-refractivity contribution in [1.82, 2.24) is 0 Å². The number of aryl methyl sites for hydroxylation is 9. The van der Waals surface area contributed by atoms with Gasteiger partial charge in [0.15, 0.2) is 0 Å². The van der Waals surface area contributed by atoms with Crippen LogP contribution >= 0.6 is 0 Å². The smallest absolute Gasteiger partial charge is 0.296 e. The molecule has 5 nitrogen and oxygen atoms in total. The zero-order valence-corrected chi connectivity index (χ0v) is 36.5. The molecule has 0 heterocycles. The first kappa shape index (κ1) is 41.2. The van der Waals surface area contributed by atoms with Crippen molar-refractivity contribution in [2.75, 3.05) is 21.3 Å². The van der Waals surface area contributed by atoms with Crippen molar-refractivity contribution in [3.8, 4) is 17.2 Å². The first-order chi connectivity index (χ1) is 26.1. The van der Waals surface area contributed by atoms with Gasteiger partial charge in [-0.25, -0.2) is 0 Å². The zero-order valence-electron chi connectivity index (χ0n) is 34.5. The van der Waals surface area contributed by atoms with Crippen molar-refractivity contribution in [1.29, 1.82) is 0 Å². The third kappa shape index (κ3) is 7.80. The van der Waals surface area contributed by atoms with E-state index in [1.807, 2.05) is 72.8 Å². The first-order valence-corrected chi connectivity index (χ1v) is 22.6. The van der Waals surface area contributed by atoms with Crippen LogP contribution < -0.4 is 45.3 Å². The molecule has 0 saturated carbocycles. The van der Waals surface area contributed by atoms with Gasteiger partial charge in [-0.05, 0) is 129 Å². The van der Waals surface area contributed by atoms with E-state index in [0.717, 1.165) is 31.1 Å². The summed E-state index contributed by atoms with van der Waals surface area (Å²) in [6, 6.07) is 36.0. The maximum Gasteiger partial charge on any atom is 0.296 e. The normalized spacial score (nSPS) is 11.5. The van der Waals surface area contributed by atoms with Gasteiger partial charge >= 0.3 is 0 Å². The van der Waals surface area contributed by atoms with E-state index in [1.165, 1.54) is 50.1 Å². The monoisotopic (exact) mass is 768 g/mol. The predicted octanol–water partition coefficient (Wildman–Crippen LogP) is 6.09. The Bertz CT molecular complexity index is 2000. The lowest BCUT2D eigenvalue weighted by Crippen LogP contribution is -2.71. The highest BCUT2D eigenvalue weighted by Gasteiger charge is 2.46. The molecule has 0 amide bonds. The van der Waals surface area contributed by atoms with Crippen LogP contribution in [-0.2, 0) is 0 Å². The summed E-state index contributed by atoms with van der Waals surface area (Å²) >= 11 is 0. The topological polar surface area (TPSA) is 68.2 Å². The van der Waals surface area contributed by atoms with Gasteiger partial charge in [-0.1, -0.05) is 108 Å². The van der Waals surface area contributed by atoms with E-state index in [9.17, 15) is 9.59 Å². The van der Waals surface area contributed by atoms with Gasteiger partial charge in [0.1, 0.15) is 17.2 Å². The average molecular weight is 769 g/mol. The summed E-state index contributed by atoms with van der Waals surface area (Å²) in [6.07, 6.45) is 0. The molecule has 0 aliphatic carbocycles. The molecular formula is C48H56O5Si2. The van der Waals surface area contributed by atoms with Gasteiger partial charge in [0.25, 0.3) is 16.6 Å². The Morgan fingerprint density at radius 1 is 0.345 bits per heavy atom. The van der Waals surface area contributed by atoms with E-state index in [-0.39, 0.29) is 0 Å². The molecule has 0 saturated heterocycles. The predicted molar refractivity (Wildman–Crippen MR) is 235 cm³/mol. The number of para-hydroxylation sites is 3. The zero-order chi connectivity index (χ0) is 40.2. The van der Waals surface area contributed by atoms with Crippen molar-refractivity contribution in [2.24, 2.45) is 0 Å². The Kier molecular flexibility index (Phi) is 12.6. The standard InChI is InChI=1S/C27H34OSi.C21H22O4Si/c1-16-10-19(4)25(20(5)11-16)29(28,26-21(6)12-17(2)13-22(26)7)27-23(8)14-18(3)15-24(27)9;1-23-16-10-4-7-13-19(16)26(22,20-14-8-5-11-17(20)24-2)21-15-9-6-12-18(21)25-3/h10-15,28H,1-9H3;4-15,22H,1-3H3. The van der Waals surface area contributed by atoms with E-state index < -0.39 is 16.6 Å². The Labute approximate surface area is 330 Å². The minimum atomic E-state index is -3.45. The van der Waals surface area contributed by atoms with Gasteiger partial charge in [-0.2, -0.15) is 0 Å². The summed E-state index contributed by atoms with van der Waals surface area (Å²) in [5.41, 5.74) is 10.9. The summed E-state index contributed by atoms with van der Waals surface area (Å²) in [6.45, 7) is 19.3. The Hall–Kier alpha value is -4.93. The third-order valence-electron chi connectivity index (χ3n) is 10.6. The van der Waals surface area contributed by atoms with Crippen molar-refractivity contribution in [2.45, 2.75) is 62.3 Å². The lowest BCUT2D eigenvalue weighted by atomic mass is 10.1. The number of benzene rings is 6. The lowest BCUT2D eigenvalue weighted by Gasteiger charge is -2.35. The molecule has 286 valence electrons. The van der Waals surface area contributed by atoms with Gasteiger partial charge in [0.2, 0.25) is 0 Å². The summed E-state index contributed by atoms with van der Waals surface area (Å²) in [5.74, 6) is 1.91. The molecule has 55 heavy (non-hydrogen) atoms. The summed E-state index contributed by atoms with van der Waals surface area (Å²) in [7, 11) is -1.84. The lowest BCUT2D eigenvalue weighted by molar-refractivity contribution is 0.412. The number of methoxy groups -OCH3 is 3. The molecule has 0 atom stereocenters. The van der Waals surface area contributed by atoms with Crippen LogP contribution in [0.2, 0.25) is 0 Å². The minimum Gasteiger partial charge on any atom is -0.497 e. The van der Waals surface area contributed by atoms with Gasteiger partial charge in [-0.15, -0.1) is 0 Å². The van der Waals surface area contributed by atoms with Crippen LogP contribution in [0, 0.1) is 62.3 Å². The molecule has 0 aliphatic heterocycles. The van der Waals surface area contributed by atoms with Gasteiger partial charge in [0.05, 0.1) is 21.3 Å². The fourth-order valence-corrected chi connectivity index (χ4v) is 17.0. The van der Waals surface area contributed by atoms with Crippen LogP contribution in [0.25, 0.3) is 0 Å². The fourth-order valence-electron chi connectivity index (χ4n) is 8.89. The fraction of sp³-hybridized carbons (Fsp3) is 0.250. The van der Waals surface area contributed by atoms with E-state index >= 15 is 0 Å². The van der Waals surface area contributed by atoms with Crippen LogP contribution in [0.3, 0.4) is 0 Å². The molecule has 0 aliphatic rings. The highest BCUT2D eigenvalue weighted by molar-refractivity contribution is 7.08. The first-order valence-electron chi connectivity index (χ1n) is 18.7. The van der Waals surface area contributed by atoms with E-state index in [4.69, 9.17) is 14.2 Å². The molecule has 0 fully saturated rings. The third-order valence-corrected chi connectivity index (χ3v) is 18.7. The van der Waals surface area contributed by atoms with Crippen LogP contribution in [0.4, 0.5) is 0 Å². The van der Waals surface area contributed by atoms with Crippen molar-refractivity contribution < 1.29 is 23.8 Å². The highest BCUT2D eigenvalue weighted by atomic mass is 28.4. The summed E-state index contributed by atoms with van der Waals surface area (Å²) in [4.78, 5) is 25.2. The summed E-state index contributed by atoms with van der Waals surface area (Å²) in [5, 5.41) is 5.68. The van der Waals surface area contributed by atoms with E-state index in [0.29, 0.717) is 17.2 Å². The van der Waals surface area contributed by atoms with Gasteiger partial charge < -0.3 is 23.8 Å². The summed E-state index contributed by atoms with van der Waals surface area (Å²) < 4.78 is 16.7. The number of rotatable bonds is 9. The van der Waals surface area contributed by atoms with Crippen molar-refractivity contribution in [3.63, 3.8) is 0 Å². The number of ether oxygens (including phenoxy) is 3. The molecular weight excluding hydrogens is 713 g/mol. The van der Waals surface area contributed by atoms with Gasteiger partial charge in [0, 0.05) is 15.6 Å². The maximum atomic E-state index is 12.9. The SMILES string of the molecule is COc1ccccc1[Si](O)(c1ccccc1OC)c1ccccc1OC.Cc1cc(C)c([Si](O)(c2c(C)cc(C)cc2C)c2c(C)cc(C)cc2C)c(C)c1. The maximum absolute atomic E-state index is 12.9.